The van der Waals surface area contributed by atoms with Crippen LogP contribution in [0.1, 0.15) is 12.8 Å². The van der Waals surface area contributed by atoms with Crippen molar-refractivity contribution < 1.29 is 28.4 Å². The van der Waals surface area contributed by atoms with Gasteiger partial charge in [-0.1, -0.05) is 4.25 Å². The Kier molecular flexibility index (Phi) is 3.08. The van der Waals surface area contributed by atoms with E-state index in [4.69, 9.17) is 0 Å². The lowest BCUT2D eigenvalue weighted by molar-refractivity contribution is -0.655. The normalized spacial score (nSPS) is 27.8. The Morgan fingerprint density at radius 1 is 1.64 bits per heavy atom. The van der Waals surface area contributed by atoms with Crippen molar-refractivity contribution in [3.63, 3.8) is 0 Å². The van der Waals surface area contributed by atoms with E-state index < -0.39 is 22.9 Å². The Morgan fingerprint density at radius 3 is 2.50 bits per heavy atom. The minimum Gasteiger partial charge on any atom is -0.423 e. The molecule has 1 unspecified atom stereocenters. The molecule has 0 aromatic rings. The zero-order chi connectivity index (χ0) is 11.0. The Bertz CT molecular complexity index is 326. The summed E-state index contributed by atoms with van der Waals surface area (Å²) in [6.45, 7) is -4.02. The number of hydrogen-bond donors (Lipinski definition) is 2. The number of ether oxygens (including phenoxy) is 1. The molecule has 0 saturated carbocycles. The number of rotatable bonds is 1. The third kappa shape index (κ3) is 1.51. The van der Waals surface area contributed by atoms with E-state index in [1.807, 2.05) is 0 Å². The fourth-order valence-electron chi connectivity index (χ4n) is 1.49. The molecule has 0 radical (unpaired) electrons. The molecule has 0 aromatic heterocycles. The van der Waals surface area contributed by atoms with Crippen LogP contribution in [0.2, 0.25) is 0 Å². The topological polar surface area (TPSA) is 83.8 Å². The Labute approximate surface area is 85.9 Å². The van der Waals surface area contributed by atoms with Gasteiger partial charge in [-0.2, -0.15) is 4.79 Å². The molecule has 1 heterocycles. The molecule has 1 aliphatic heterocycles. The van der Waals surface area contributed by atoms with E-state index in [9.17, 15) is 19.4 Å². The number of imide groups is 1. The van der Waals surface area contributed by atoms with E-state index >= 15 is 0 Å². The van der Waals surface area contributed by atoms with Crippen LogP contribution in [-0.2, 0) is 21.3 Å². The lowest BCUT2D eigenvalue weighted by atomic mass is 10.4. The van der Waals surface area contributed by atoms with Crippen LogP contribution in [0.4, 0.5) is 4.79 Å². The Hall–Kier alpha value is -0.330. The van der Waals surface area contributed by atoms with Gasteiger partial charge in [-0.05, 0) is 0 Å². The van der Waals surface area contributed by atoms with E-state index in [2.05, 4.69) is 16.5 Å². The largest absolute Gasteiger partial charge is 0.528 e. The molecule has 0 aromatic carbocycles. The van der Waals surface area contributed by atoms with Gasteiger partial charge in [0, 0.05) is 18.2 Å². The molecule has 2 N–H and O–H groups in total. The van der Waals surface area contributed by atoms with Crippen molar-refractivity contribution in [3.05, 3.63) is 0 Å². The molecule has 8 heteroatoms. The molecule has 1 aliphatic rings. The van der Waals surface area contributed by atoms with Gasteiger partial charge < -0.3 is 14.5 Å². The fraction of sp³-hybridized carbons (Fsp3) is 0.667. The summed E-state index contributed by atoms with van der Waals surface area (Å²) in [5, 5.41) is 0. The molecule has 80 valence electrons. The second-order valence-corrected chi connectivity index (χ2v) is 6.15. The lowest BCUT2D eigenvalue weighted by Crippen LogP contribution is -2.50. The van der Waals surface area contributed by atoms with Crippen LogP contribution >= 0.6 is 6.64 Å². The number of carbonyl (C=O) groups excluding carboxylic acids is 2. The maximum atomic E-state index is 11.5. The molecule has 1 saturated heterocycles. The van der Waals surface area contributed by atoms with Crippen molar-refractivity contribution in [2.75, 3.05) is 13.7 Å². The van der Waals surface area contributed by atoms with Crippen LogP contribution in [0.15, 0.2) is 0 Å². The van der Waals surface area contributed by atoms with E-state index in [0.717, 1.165) is 7.11 Å². The first-order valence-corrected chi connectivity index (χ1v) is 6.58. The molecule has 1 fully saturated rings. The van der Waals surface area contributed by atoms with Crippen LogP contribution in [0, 0.1) is 0 Å². The summed E-state index contributed by atoms with van der Waals surface area (Å²) in [6.07, 6.45) is -0.456. The van der Waals surface area contributed by atoms with Gasteiger partial charge in [0.1, 0.15) is 6.54 Å². The third-order valence-corrected chi connectivity index (χ3v) is 4.52. The van der Waals surface area contributed by atoms with Gasteiger partial charge in [-0.15, -0.1) is 0 Å². The summed E-state index contributed by atoms with van der Waals surface area (Å²) in [7, 11) is 1.08. The highest BCUT2D eigenvalue weighted by Crippen LogP contribution is 2.52. The quantitative estimate of drug-likeness (QED) is 0.632. The summed E-state index contributed by atoms with van der Waals surface area (Å²) in [4.78, 5) is 41.6. The smallest absolute Gasteiger partial charge is 0.423 e. The molecule has 14 heavy (non-hydrogen) atoms. The van der Waals surface area contributed by atoms with Gasteiger partial charge in [0.25, 0.3) is 0 Å². The zero-order valence-corrected chi connectivity index (χ0v) is 9.25. The van der Waals surface area contributed by atoms with Crippen LogP contribution in [0.3, 0.4) is 0 Å². The first kappa shape index (κ1) is 11.7. The number of nitrogens with zero attached hydrogens (tertiary/aromatic N) is 1. The molecule has 2 amide bonds. The molecule has 1 rings (SSSR count). The number of hydrogen-bond acceptors (Lipinski definition) is 4. The predicted octanol–water partition coefficient (Wildman–Crippen LogP) is 0.0991. The monoisotopic (exact) mass is 240 g/mol. The van der Waals surface area contributed by atoms with Crippen molar-refractivity contribution in [1.82, 2.24) is 0 Å². The van der Waals surface area contributed by atoms with E-state index in [0.29, 0.717) is 6.42 Å². The minimum absolute atomic E-state index is 0.00971. The van der Waals surface area contributed by atoms with Gasteiger partial charge in [-0.25, -0.2) is 4.79 Å². The molecular weight excluding hydrogens is 229 g/mol. The number of methoxy groups -OCH3 is 1. The van der Waals surface area contributed by atoms with Crippen LogP contribution < -0.4 is 0 Å². The predicted molar refractivity (Wildman–Crippen MR) is 50.5 cm³/mol. The summed E-state index contributed by atoms with van der Waals surface area (Å²) < 4.78 is 3.26. The van der Waals surface area contributed by atoms with Gasteiger partial charge in [0.15, 0.2) is 0 Å². The van der Waals surface area contributed by atoms with E-state index in [1.165, 1.54) is 0 Å². The second kappa shape index (κ2) is 3.67. The first-order valence-electron chi connectivity index (χ1n) is 3.92. The van der Waals surface area contributed by atoms with Gasteiger partial charge in [0.05, 0.1) is 13.5 Å². The maximum Gasteiger partial charge on any atom is 0.528 e. The highest BCUT2D eigenvalue weighted by atomic mass is 32.5. The third-order valence-electron chi connectivity index (χ3n) is 2.21. The fourth-order valence-corrected chi connectivity index (χ4v) is 3.30. The summed E-state index contributed by atoms with van der Waals surface area (Å²) in [5.74, 6) is -0.579. The minimum atomic E-state index is -4.03. The van der Waals surface area contributed by atoms with Crippen LogP contribution in [0.5, 0.6) is 0 Å². The van der Waals surface area contributed by atoms with Gasteiger partial charge >= 0.3 is 18.6 Å². The highest BCUT2D eigenvalue weighted by molar-refractivity contribution is 8.06. The Balaban J connectivity index is 3.22. The number of quaternary nitrogens is 1. The van der Waals surface area contributed by atoms with Crippen molar-refractivity contribution in [2.24, 2.45) is 0 Å². The van der Waals surface area contributed by atoms with Crippen molar-refractivity contribution >= 4 is 30.4 Å². The standard InChI is InChI=1S/C6H10NO5PS/c1-12-6(9)7(13(10,11)14)4-2-3-5(7)8/h2-4H2,1H3,(H-,10,11,14)/p+1. The molecule has 0 spiro atoms. The SMILES string of the molecule is COC(=O)[N+]1(P(O)(O)=S)CCCC1=O. The number of carbonyl (C=O) groups is 2. The molecule has 0 aliphatic carbocycles. The van der Waals surface area contributed by atoms with Crippen molar-refractivity contribution in [2.45, 2.75) is 12.8 Å². The van der Waals surface area contributed by atoms with Crippen molar-refractivity contribution in [3.8, 4) is 0 Å². The van der Waals surface area contributed by atoms with Crippen molar-refractivity contribution in [1.29, 1.82) is 0 Å². The average Bonchev–Trinajstić information content (AvgIpc) is 2.45. The molecule has 1 atom stereocenters. The van der Waals surface area contributed by atoms with Crippen LogP contribution in [-0.4, -0.2) is 39.7 Å². The molecule has 6 nitrogen and oxygen atoms in total. The zero-order valence-electron chi connectivity index (χ0n) is 7.54. The second-order valence-electron chi connectivity index (χ2n) is 2.97. The highest BCUT2D eigenvalue weighted by Gasteiger charge is 2.59. The lowest BCUT2D eigenvalue weighted by Gasteiger charge is -2.28. The van der Waals surface area contributed by atoms with Crippen LogP contribution in [0.25, 0.3) is 0 Å². The Morgan fingerprint density at radius 2 is 2.21 bits per heavy atom. The van der Waals surface area contributed by atoms with Gasteiger partial charge in [-0.3, -0.25) is 0 Å². The van der Waals surface area contributed by atoms with E-state index in [1.54, 1.807) is 0 Å². The molecular formula is C6H11NO5PS+. The summed E-state index contributed by atoms with van der Waals surface area (Å²) in [5.41, 5.74) is 0. The summed E-state index contributed by atoms with van der Waals surface area (Å²) in [6, 6.07) is 0. The number of amides is 2. The van der Waals surface area contributed by atoms with Gasteiger partial charge in [0.2, 0.25) is 0 Å². The summed E-state index contributed by atoms with van der Waals surface area (Å²) >= 11 is 4.45. The number of likely N-dealkylation sites (tertiary alicyclic amines) is 1. The van der Waals surface area contributed by atoms with E-state index in [-0.39, 0.29) is 13.0 Å². The molecule has 0 bridgehead atoms. The first-order chi connectivity index (χ1) is 6.36. The maximum absolute atomic E-state index is 11.5. The average molecular weight is 240 g/mol.